The molecule has 2 N–H and O–H groups in total. The third-order valence-corrected chi connectivity index (χ3v) is 4.05. The van der Waals surface area contributed by atoms with Crippen molar-refractivity contribution in [3.8, 4) is 0 Å². The van der Waals surface area contributed by atoms with Crippen LogP contribution in [-0.4, -0.2) is 43.7 Å². The molecular weight excluding hydrogens is 269 g/mol. The zero-order valence-corrected chi connectivity index (χ0v) is 12.3. The molecule has 1 aliphatic heterocycles. The Labute approximate surface area is 124 Å². The normalized spacial score (nSPS) is 22.5. The summed E-state index contributed by atoms with van der Waals surface area (Å²) in [6.07, 6.45) is 5.23. The second-order valence-electron chi connectivity index (χ2n) is 5.78. The summed E-state index contributed by atoms with van der Waals surface area (Å²) in [4.78, 5) is 10.4. The van der Waals surface area contributed by atoms with Gasteiger partial charge in [0.25, 0.3) is 0 Å². The van der Waals surface area contributed by atoms with Gasteiger partial charge in [0.15, 0.2) is 17.6 Å². The average Bonchev–Trinajstić information content (AvgIpc) is 3.22. The number of anilines is 1. The van der Waals surface area contributed by atoms with Gasteiger partial charge in [0.05, 0.1) is 0 Å². The monoisotopic (exact) mass is 291 g/mol. The van der Waals surface area contributed by atoms with Gasteiger partial charge >= 0.3 is 0 Å². The Morgan fingerprint density at radius 3 is 3.05 bits per heavy atom. The van der Waals surface area contributed by atoms with Crippen LogP contribution in [0, 0.1) is 11.7 Å². The van der Waals surface area contributed by atoms with Gasteiger partial charge in [0.1, 0.15) is 0 Å². The SMILES string of the molecule is CN=C(NCC1CC1)NC1CCN(c2ncccc2F)C1. The van der Waals surface area contributed by atoms with Crippen LogP contribution in [0.25, 0.3) is 0 Å². The van der Waals surface area contributed by atoms with Gasteiger partial charge < -0.3 is 15.5 Å². The Hall–Kier alpha value is -1.85. The largest absolute Gasteiger partial charge is 0.356 e. The number of nitrogens with zero attached hydrogens (tertiary/aromatic N) is 3. The highest BCUT2D eigenvalue weighted by Crippen LogP contribution is 2.27. The van der Waals surface area contributed by atoms with Crippen molar-refractivity contribution in [2.45, 2.75) is 25.3 Å². The molecule has 1 aliphatic carbocycles. The number of aliphatic imine (C=N–C) groups is 1. The Kier molecular flexibility index (Phi) is 4.22. The molecule has 1 atom stereocenters. The maximum Gasteiger partial charge on any atom is 0.191 e. The van der Waals surface area contributed by atoms with Gasteiger partial charge in [-0.05, 0) is 37.3 Å². The first-order valence-electron chi connectivity index (χ1n) is 7.59. The third kappa shape index (κ3) is 3.62. The number of guanidine groups is 1. The van der Waals surface area contributed by atoms with Crippen molar-refractivity contribution in [3.63, 3.8) is 0 Å². The molecule has 114 valence electrons. The summed E-state index contributed by atoms with van der Waals surface area (Å²) >= 11 is 0. The molecule has 1 aromatic heterocycles. The molecule has 0 radical (unpaired) electrons. The van der Waals surface area contributed by atoms with E-state index in [0.29, 0.717) is 5.82 Å². The van der Waals surface area contributed by atoms with E-state index in [1.54, 1.807) is 19.3 Å². The lowest BCUT2D eigenvalue weighted by atomic mass is 10.3. The lowest BCUT2D eigenvalue weighted by Gasteiger charge is -2.19. The van der Waals surface area contributed by atoms with E-state index in [4.69, 9.17) is 0 Å². The van der Waals surface area contributed by atoms with Crippen LogP contribution in [0.15, 0.2) is 23.3 Å². The second-order valence-corrected chi connectivity index (χ2v) is 5.78. The summed E-state index contributed by atoms with van der Waals surface area (Å²) in [5.41, 5.74) is 0. The van der Waals surface area contributed by atoms with E-state index >= 15 is 0 Å². The Balaban J connectivity index is 1.52. The number of hydrogen-bond acceptors (Lipinski definition) is 3. The molecule has 6 heteroatoms. The van der Waals surface area contributed by atoms with Crippen LogP contribution < -0.4 is 15.5 Å². The summed E-state index contributed by atoms with van der Waals surface area (Å²) in [6.45, 7) is 2.55. The van der Waals surface area contributed by atoms with Crippen LogP contribution >= 0.6 is 0 Å². The fraction of sp³-hybridized carbons (Fsp3) is 0.600. The predicted octanol–water partition coefficient (Wildman–Crippen LogP) is 1.37. The van der Waals surface area contributed by atoms with E-state index in [2.05, 4.69) is 20.6 Å². The Morgan fingerprint density at radius 1 is 1.48 bits per heavy atom. The minimum Gasteiger partial charge on any atom is -0.356 e. The number of halogens is 1. The predicted molar refractivity (Wildman–Crippen MR) is 82.0 cm³/mol. The molecule has 0 spiro atoms. The van der Waals surface area contributed by atoms with Crippen molar-refractivity contribution in [3.05, 3.63) is 24.1 Å². The topological polar surface area (TPSA) is 52.6 Å². The molecule has 5 nitrogen and oxygen atoms in total. The fourth-order valence-electron chi connectivity index (χ4n) is 2.63. The highest BCUT2D eigenvalue weighted by atomic mass is 19.1. The van der Waals surface area contributed by atoms with Crippen molar-refractivity contribution in [2.24, 2.45) is 10.9 Å². The number of nitrogens with one attached hydrogen (secondary N) is 2. The van der Waals surface area contributed by atoms with E-state index < -0.39 is 0 Å². The van der Waals surface area contributed by atoms with Crippen LogP contribution in [0.4, 0.5) is 10.2 Å². The number of rotatable bonds is 4. The van der Waals surface area contributed by atoms with Gasteiger partial charge in [-0.2, -0.15) is 0 Å². The average molecular weight is 291 g/mol. The molecule has 1 saturated heterocycles. The van der Waals surface area contributed by atoms with Crippen LogP contribution in [-0.2, 0) is 0 Å². The molecular formula is C15H22FN5. The first kappa shape index (κ1) is 14.1. The van der Waals surface area contributed by atoms with E-state index in [1.165, 1.54) is 18.9 Å². The highest BCUT2D eigenvalue weighted by molar-refractivity contribution is 5.80. The molecule has 2 fully saturated rings. The summed E-state index contributed by atoms with van der Waals surface area (Å²) in [5.74, 6) is 1.85. The molecule has 1 aromatic rings. The minimum atomic E-state index is -0.255. The van der Waals surface area contributed by atoms with Crippen LogP contribution in [0.3, 0.4) is 0 Å². The molecule has 2 heterocycles. The molecule has 2 aliphatic rings. The van der Waals surface area contributed by atoms with E-state index in [9.17, 15) is 4.39 Å². The summed E-state index contributed by atoms with van der Waals surface area (Å²) in [7, 11) is 1.79. The summed E-state index contributed by atoms with van der Waals surface area (Å²) < 4.78 is 13.8. The van der Waals surface area contributed by atoms with Gasteiger partial charge in [-0.1, -0.05) is 0 Å². The lowest BCUT2D eigenvalue weighted by Crippen LogP contribution is -2.45. The van der Waals surface area contributed by atoms with Crippen LogP contribution in [0.5, 0.6) is 0 Å². The van der Waals surface area contributed by atoms with Crippen LogP contribution in [0.1, 0.15) is 19.3 Å². The fourth-order valence-corrected chi connectivity index (χ4v) is 2.63. The molecule has 3 rings (SSSR count). The van der Waals surface area contributed by atoms with Gasteiger partial charge in [0, 0.05) is 38.9 Å². The van der Waals surface area contributed by atoms with Gasteiger partial charge in [0.2, 0.25) is 0 Å². The molecule has 0 amide bonds. The Bertz CT molecular complexity index is 515. The summed E-state index contributed by atoms with van der Waals surface area (Å²) in [5, 5.41) is 6.77. The standard InChI is InChI=1S/C15H22FN5/c1-17-15(19-9-11-4-5-11)20-12-6-8-21(10-12)14-13(16)3-2-7-18-14/h2-3,7,11-12H,4-6,8-10H2,1H3,(H2,17,19,20). The van der Waals surface area contributed by atoms with Crippen molar-refractivity contribution >= 4 is 11.8 Å². The van der Waals surface area contributed by atoms with Crippen molar-refractivity contribution < 1.29 is 4.39 Å². The molecule has 0 aromatic carbocycles. The zero-order chi connectivity index (χ0) is 14.7. The van der Waals surface area contributed by atoms with Crippen LogP contribution in [0.2, 0.25) is 0 Å². The minimum absolute atomic E-state index is 0.255. The Morgan fingerprint density at radius 2 is 2.33 bits per heavy atom. The maximum atomic E-state index is 13.8. The van der Waals surface area contributed by atoms with Gasteiger partial charge in [-0.25, -0.2) is 9.37 Å². The van der Waals surface area contributed by atoms with Crippen molar-refractivity contribution in [1.82, 2.24) is 15.6 Å². The molecule has 21 heavy (non-hydrogen) atoms. The molecule has 1 saturated carbocycles. The maximum absolute atomic E-state index is 13.8. The first-order chi connectivity index (χ1) is 10.3. The van der Waals surface area contributed by atoms with E-state index in [1.807, 2.05) is 4.90 Å². The first-order valence-corrected chi connectivity index (χ1v) is 7.59. The second kappa shape index (κ2) is 6.28. The highest BCUT2D eigenvalue weighted by Gasteiger charge is 2.26. The van der Waals surface area contributed by atoms with E-state index in [0.717, 1.165) is 37.9 Å². The number of aromatic nitrogens is 1. The summed E-state index contributed by atoms with van der Waals surface area (Å²) in [6, 6.07) is 3.35. The van der Waals surface area contributed by atoms with E-state index in [-0.39, 0.29) is 11.9 Å². The van der Waals surface area contributed by atoms with Crippen molar-refractivity contribution in [2.75, 3.05) is 31.6 Å². The van der Waals surface area contributed by atoms with Gasteiger partial charge in [-0.3, -0.25) is 4.99 Å². The smallest absolute Gasteiger partial charge is 0.191 e. The molecule has 0 bridgehead atoms. The third-order valence-electron chi connectivity index (χ3n) is 4.05. The molecule has 1 unspecified atom stereocenters. The number of pyridine rings is 1. The lowest BCUT2D eigenvalue weighted by molar-refractivity contribution is 0.612. The zero-order valence-electron chi connectivity index (χ0n) is 12.3. The quantitative estimate of drug-likeness (QED) is 0.650. The number of hydrogen-bond donors (Lipinski definition) is 2. The van der Waals surface area contributed by atoms with Gasteiger partial charge in [-0.15, -0.1) is 0 Å². The van der Waals surface area contributed by atoms with Crippen molar-refractivity contribution in [1.29, 1.82) is 0 Å².